The van der Waals surface area contributed by atoms with Crippen molar-refractivity contribution in [3.8, 4) is 0 Å². The van der Waals surface area contributed by atoms with Crippen molar-refractivity contribution >= 4 is 12.0 Å². The van der Waals surface area contributed by atoms with E-state index in [1.54, 1.807) is 0 Å². The molecule has 1 aromatic carbocycles. The van der Waals surface area contributed by atoms with Gasteiger partial charge in [-0.25, -0.2) is 0 Å². The molecule has 2 fully saturated rings. The normalized spacial score (nSPS) is 31.5. The molecule has 3 heteroatoms. The molecule has 1 N–H and O–H groups in total. The Balaban J connectivity index is 1.88. The number of hydrogen-bond donors (Lipinski definition) is 1. The van der Waals surface area contributed by atoms with E-state index in [1.807, 2.05) is 13.0 Å². The molecule has 0 aromatic heterocycles. The van der Waals surface area contributed by atoms with Crippen LogP contribution in [-0.4, -0.2) is 25.2 Å². The molecular formula is C18H23NO2. The van der Waals surface area contributed by atoms with Gasteiger partial charge in [0, 0.05) is 18.0 Å². The Morgan fingerprint density at radius 3 is 2.71 bits per heavy atom. The van der Waals surface area contributed by atoms with Gasteiger partial charge in [0.05, 0.1) is 13.0 Å². The Hall–Kier alpha value is -1.61. The van der Waals surface area contributed by atoms with Gasteiger partial charge >= 0.3 is 5.97 Å². The number of methoxy groups -OCH3 is 1. The van der Waals surface area contributed by atoms with Crippen molar-refractivity contribution in [2.75, 3.05) is 7.11 Å². The molecule has 0 aliphatic carbocycles. The first-order valence-corrected chi connectivity index (χ1v) is 7.79. The molecule has 0 saturated carbocycles. The van der Waals surface area contributed by atoms with Crippen LogP contribution < -0.4 is 5.32 Å². The minimum Gasteiger partial charge on any atom is -0.469 e. The highest BCUT2D eigenvalue weighted by Crippen LogP contribution is 2.42. The number of fused-ring (bicyclic) bond motifs is 2. The molecule has 2 aliphatic rings. The number of piperidine rings is 1. The fourth-order valence-corrected chi connectivity index (χ4v) is 3.91. The van der Waals surface area contributed by atoms with E-state index in [4.69, 9.17) is 4.74 Å². The van der Waals surface area contributed by atoms with Crippen LogP contribution >= 0.6 is 0 Å². The smallest absolute Gasteiger partial charge is 0.310 e. The van der Waals surface area contributed by atoms with Crippen LogP contribution in [0.2, 0.25) is 0 Å². The molecule has 0 spiro atoms. The maximum atomic E-state index is 12.2. The Morgan fingerprint density at radius 2 is 2.05 bits per heavy atom. The largest absolute Gasteiger partial charge is 0.469 e. The van der Waals surface area contributed by atoms with Gasteiger partial charge in [0.25, 0.3) is 0 Å². The lowest BCUT2D eigenvalue weighted by Crippen LogP contribution is -2.48. The first-order chi connectivity index (χ1) is 10.2. The lowest BCUT2D eigenvalue weighted by molar-refractivity contribution is -0.148. The van der Waals surface area contributed by atoms with E-state index in [0.29, 0.717) is 6.04 Å². The average Bonchev–Trinajstić information content (AvgIpc) is 2.89. The second-order valence-electron chi connectivity index (χ2n) is 6.11. The highest BCUT2D eigenvalue weighted by molar-refractivity contribution is 5.75. The van der Waals surface area contributed by atoms with Crippen molar-refractivity contribution in [3.05, 3.63) is 41.5 Å². The second-order valence-corrected chi connectivity index (χ2v) is 6.11. The number of rotatable bonds is 3. The Morgan fingerprint density at radius 1 is 1.29 bits per heavy atom. The predicted octanol–water partition coefficient (Wildman–Crippen LogP) is 3.12. The Labute approximate surface area is 126 Å². The van der Waals surface area contributed by atoms with Gasteiger partial charge in [-0.1, -0.05) is 36.4 Å². The van der Waals surface area contributed by atoms with Crippen molar-refractivity contribution in [2.45, 2.75) is 44.2 Å². The molecular weight excluding hydrogens is 262 g/mol. The molecule has 3 nitrogen and oxygen atoms in total. The molecule has 21 heavy (non-hydrogen) atoms. The summed E-state index contributed by atoms with van der Waals surface area (Å²) in [6.07, 6.45) is 7.41. The van der Waals surface area contributed by atoms with Gasteiger partial charge in [0.2, 0.25) is 0 Å². The summed E-state index contributed by atoms with van der Waals surface area (Å²) < 4.78 is 5.06. The van der Waals surface area contributed by atoms with E-state index in [1.165, 1.54) is 24.7 Å². The minimum absolute atomic E-state index is 0.0543. The SMILES string of the molecule is C/C=C/c1ccc([C@H]2C[C@H]3CCC(N3)C2C(=O)OC)cc1. The number of benzene rings is 1. The van der Waals surface area contributed by atoms with Crippen molar-refractivity contribution < 1.29 is 9.53 Å². The number of hydrogen-bond acceptors (Lipinski definition) is 3. The van der Waals surface area contributed by atoms with Gasteiger partial charge in [-0.2, -0.15) is 0 Å². The van der Waals surface area contributed by atoms with E-state index < -0.39 is 0 Å². The monoisotopic (exact) mass is 285 g/mol. The Bertz CT molecular complexity index is 535. The third kappa shape index (κ3) is 2.75. The van der Waals surface area contributed by atoms with Crippen LogP contribution in [0.5, 0.6) is 0 Å². The standard InChI is InChI=1S/C18H23NO2/c1-3-4-12-5-7-13(8-6-12)15-11-14-9-10-16(19-14)17(15)18(20)21-2/h3-8,14-17,19H,9-11H2,1-2H3/b4-3+/t14-,15-,16?,17?/m1/s1. The maximum absolute atomic E-state index is 12.2. The average molecular weight is 285 g/mol. The molecule has 2 unspecified atom stereocenters. The Kier molecular flexibility index (Phi) is 4.11. The molecule has 1 aromatic rings. The number of esters is 1. The summed E-state index contributed by atoms with van der Waals surface area (Å²) in [4.78, 5) is 12.2. The van der Waals surface area contributed by atoms with E-state index in [2.05, 4.69) is 35.7 Å². The summed E-state index contributed by atoms with van der Waals surface area (Å²) in [6, 6.07) is 9.43. The van der Waals surface area contributed by atoms with Gasteiger partial charge in [-0.05, 0) is 37.3 Å². The van der Waals surface area contributed by atoms with Gasteiger partial charge < -0.3 is 10.1 Å². The van der Waals surface area contributed by atoms with Crippen LogP contribution in [0, 0.1) is 5.92 Å². The zero-order chi connectivity index (χ0) is 14.8. The molecule has 4 atom stereocenters. The molecule has 112 valence electrons. The highest BCUT2D eigenvalue weighted by Gasteiger charge is 2.46. The zero-order valence-corrected chi connectivity index (χ0v) is 12.7. The summed E-state index contributed by atoms with van der Waals surface area (Å²) in [5.74, 6) is 0.146. The summed E-state index contributed by atoms with van der Waals surface area (Å²) in [7, 11) is 1.50. The summed E-state index contributed by atoms with van der Waals surface area (Å²) in [6.45, 7) is 2.02. The quantitative estimate of drug-likeness (QED) is 0.867. The van der Waals surface area contributed by atoms with E-state index in [0.717, 1.165) is 12.8 Å². The molecule has 0 radical (unpaired) electrons. The van der Waals surface area contributed by atoms with Crippen LogP contribution in [0.3, 0.4) is 0 Å². The number of allylic oxidation sites excluding steroid dienone is 1. The second kappa shape index (κ2) is 6.02. The third-order valence-corrected chi connectivity index (χ3v) is 4.88. The fourth-order valence-electron chi connectivity index (χ4n) is 3.91. The van der Waals surface area contributed by atoms with Crippen LogP contribution in [0.25, 0.3) is 6.08 Å². The van der Waals surface area contributed by atoms with Gasteiger partial charge in [0.15, 0.2) is 0 Å². The summed E-state index contributed by atoms with van der Waals surface area (Å²) in [5.41, 5.74) is 2.46. The number of carbonyl (C=O) groups is 1. The predicted molar refractivity (Wildman–Crippen MR) is 84.0 cm³/mol. The van der Waals surface area contributed by atoms with Gasteiger partial charge in [-0.3, -0.25) is 4.79 Å². The van der Waals surface area contributed by atoms with Crippen molar-refractivity contribution in [1.82, 2.24) is 5.32 Å². The van der Waals surface area contributed by atoms with Crippen LogP contribution in [0.1, 0.15) is 43.2 Å². The maximum Gasteiger partial charge on any atom is 0.310 e. The van der Waals surface area contributed by atoms with E-state index >= 15 is 0 Å². The van der Waals surface area contributed by atoms with Crippen molar-refractivity contribution in [2.24, 2.45) is 5.92 Å². The van der Waals surface area contributed by atoms with E-state index in [9.17, 15) is 4.79 Å². The van der Waals surface area contributed by atoms with Crippen LogP contribution in [-0.2, 0) is 9.53 Å². The van der Waals surface area contributed by atoms with Gasteiger partial charge in [-0.15, -0.1) is 0 Å². The first-order valence-electron chi connectivity index (χ1n) is 7.79. The molecule has 2 aliphatic heterocycles. The molecule has 2 heterocycles. The number of nitrogens with one attached hydrogen (secondary N) is 1. The number of carbonyl (C=O) groups excluding carboxylic acids is 1. The van der Waals surface area contributed by atoms with Crippen LogP contribution in [0.15, 0.2) is 30.3 Å². The summed E-state index contributed by atoms with van der Waals surface area (Å²) >= 11 is 0. The first kappa shape index (κ1) is 14.3. The minimum atomic E-state index is -0.0737. The number of ether oxygens (including phenoxy) is 1. The molecule has 2 saturated heterocycles. The summed E-state index contributed by atoms with van der Waals surface area (Å²) in [5, 5.41) is 3.58. The molecule has 2 bridgehead atoms. The highest BCUT2D eigenvalue weighted by atomic mass is 16.5. The van der Waals surface area contributed by atoms with Crippen LogP contribution in [0.4, 0.5) is 0 Å². The van der Waals surface area contributed by atoms with E-state index in [-0.39, 0.29) is 23.8 Å². The lowest BCUT2D eigenvalue weighted by atomic mass is 9.77. The fraction of sp³-hybridized carbons (Fsp3) is 0.500. The van der Waals surface area contributed by atoms with Gasteiger partial charge in [0.1, 0.15) is 0 Å². The molecule has 3 rings (SSSR count). The zero-order valence-electron chi connectivity index (χ0n) is 12.7. The third-order valence-electron chi connectivity index (χ3n) is 4.88. The molecule has 0 amide bonds. The topological polar surface area (TPSA) is 38.3 Å². The van der Waals surface area contributed by atoms with Crippen molar-refractivity contribution in [3.63, 3.8) is 0 Å². The lowest BCUT2D eigenvalue weighted by Gasteiger charge is -2.36. The van der Waals surface area contributed by atoms with Crippen molar-refractivity contribution in [1.29, 1.82) is 0 Å².